The number of hydrogen-bond acceptors (Lipinski definition) is 2. The van der Waals surface area contributed by atoms with Crippen LogP contribution in [0.3, 0.4) is 0 Å². The molecule has 0 aliphatic heterocycles. The Morgan fingerprint density at radius 3 is 2.95 bits per heavy atom. The van der Waals surface area contributed by atoms with Gasteiger partial charge in [-0.25, -0.2) is 0 Å². The number of benzene rings is 1. The number of aryl methyl sites for hydroxylation is 4. The minimum Gasteiger partial charge on any atom is -0.310 e. The van der Waals surface area contributed by atoms with Crippen LogP contribution in [-0.2, 0) is 19.3 Å². The maximum Gasteiger partial charge on any atom is 0.0522 e. The number of aromatic amines is 1. The number of rotatable bonds is 6. The van der Waals surface area contributed by atoms with Gasteiger partial charge in [-0.1, -0.05) is 18.2 Å². The van der Waals surface area contributed by atoms with Crippen LogP contribution in [0.1, 0.15) is 53.8 Å². The molecule has 0 saturated heterocycles. The van der Waals surface area contributed by atoms with Crippen LogP contribution in [0.2, 0.25) is 0 Å². The molecule has 112 valence electrons. The zero-order valence-electron chi connectivity index (χ0n) is 13.1. The standard InChI is InChI=1S/C18H25N3/c1-13(16-9-8-15-5-3-6-17(15)11-16)19-10-4-7-18-12-20-21-14(18)2/h8-9,11-13,19H,3-7,10H2,1-2H3,(H,20,21). The van der Waals surface area contributed by atoms with Gasteiger partial charge in [0, 0.05) is 11.7 Å². The minimum absolute atomic E-state index is 0.432. The molecule has 1 aromatic carbocycles. The molecule has 3 rings (SSSR count). The Labute approximate surface area is 127 Å². The fourth-order valence-corrected chi connectivity index (χ4v) is 3.20. The summed E-state index contributed by atoms with van der Waals surface area (Å²) in [4.78, 5) is 0. The van der Waals surface area contributed by atoms with Gasteiger partial charge in [0.1, 0.15) is 0 Å². The van der Waals surface area contributed by atoms with E-state index in [4.69, 9.17) is 0 Å². The molecule has 1 aliphatic carbocycles. The molecule has 1 unspecified atom stereocenters. The van der Waals surface area contributed by atoms with Crippen LogP contribution in [0.25, 0.3) is 0 Å². The Morgan fingerprint density at radius 1 is 1.29 bits per heavy atom. The van der Waals surface area contributed by atoms with Crippen molar-refractivity contribution in [2.75, 3.05) is 6.54 Å². The second-order valence-corrected chi connectivity index (χ2v) is 6.18. The van der Waals surface area contributed by atoms with Crippen LogP contribution in [0.15, 0.2) is 24.4 Å². The summed E-state index contributed by atoms with van der Waals surface area (Å²) in [5.74, 6) is 0. The third-order valence-electron chi connectivity index (χ3n) is 4.63. The van der Waals surface area contributed by atoms with Crippen molar-refractivity contribution in [3.63, 3.8) is 0 Å². The number of hydrogen-bond donors (Lipinski definition) is 2. The molecule has 0 amide bonds. The fraction of sp³-hybridized carbons (Fsp3) is 0.500. The van der Waals surface area contributed by atoms with Crippen molar-refractivity contribution in [2.24, 2.45) is 0 Å². The first kappa shape index (κ1) is 14.3. The van der Waals surface area contributed by atoms with Crippen LogP contribution < -0.4 is 5.32 Å². The van der Waals surface area contributed by atoms with Gasteiger partial charge in [0.15, 0.2) is 0 Å². The third kappa shape index (κ3) is 3.35. The van der Waals surface area contributed by atoms with Gasteiger partial charge in [0.2, 0.25) is 0 Å². The van der Waals surface area contributed by atoms with Crippen molar-refractivity contribution >= 4 is 0 Å². The molecule has 3 nitrogen and oxygen atoms in total. The van der Waals surface area contributed by atoms with Crippen molar-refractivity contribution in [2.45, 2.75) is 52.0 Å². The highest BCUT2D eigenvalue weighted by Crippen LogP contribution is 2.25. The van der Waals surface area contributed by atoms with Crippen molar-refractivity contribution in [3.05, 3.63) is 52.3 Å². The maximum atomic E-state index is 4.07. The van der Waals surface area contributed by atoms with E-state index in [-0.39, 0.29) is 0 Å². The van der Waals surface area contributed by atoms with Gasteiger partial charge >= 0.3 is 0 Å². The molecule has 0 spiro atoms. The topological polar surface area (TPSA) is 40.7 Å². The summed E-state index contributed by atoms with van der Waals surface area (Å²) < 4.78 is 0. The first-order valence-electron chi connectivity index (χ1n) is 8.08. The molecule has 0 radical (unpaired) electrons. The van der Waals surface area contributed by atoms with Crippen LogP contribution in [0.4, 0.5) is 0 Å². The Balaban J connectivity index is 1.48. The van der Waals surface area contributed by atoms with Gasteiger partial charge in [0.25, 0.3) is 0 Å². The number of fused-ring (bicyclic) bond motifs is 1. The van der Waals surface area contributed by atoms with Crippen molar-refractivity contribution < 1.29 is 0 Å². The lowest BCUT2D eigenvalue weighted by Crippen LogP contribution is -2.20. The highest BCUT2D eigenvalue weighted by molar-refractivity contribution is 5.36. The predicted octanol–water partition coefficient (Wildman–Crippen LogP) is 3.49. The Morgan fingerprint density at radius 2 is 2.14 bits per heavy atom. The molecule has 2 N–H and O–H groups in total. The number of nitrogens with zero attached hydrogens (tertiary/aromatic N) is 1. The normalized spacial score (nSPS) is 15.1. The van der Waals surface area contributed by atoms with Gasteiger partial charge in [-0.15, -0.1) is 0 Å². The molecule has 1 aromatic heterocycles. The SMILES string of the molecule is Cc1[nH]ncc1CCCNC(C)c1ccc2c(c1)CCC2. The molecule has 21 heavy (non-hydrogen) atoms. The monoisotopic (exact) mass is 283 g/mol. The van der Waals surface area contributed by atoms with Crippen molar-refractivity contribution in [1.82, 2.24) is 15.5 Å². The van der Waals surface area contributed by atoms with Crippen LogP contribution in [0.5, 0.6) is 0 Å². The molecule has 3 heteroatoms. The lowest BCUT2D eigenvalue weighted by molar-refractivity contribution is 0.557. The predicted molar refractivity (Wildman–Crippen MR) is 86.5 cm³/mol. The average molecular weight is 283 g/mol. The zero-order valence-corrected chi connectivity index (χ0v) is 13.1. The van der Waals surface area contributed by atoms with Crippen LogP contribution in [-0.4, -0.2) is 16.7 Å². The second kappa shape index (κ2) is 6.44. The quantitative estimate of drug-likeness (QED) is 0.797. The number of H-pyrrole nitrogens is 1. The lowest BCUT2D eigenvalue weighted by Gasteiger charge is -2.15. The van der Waals surface area contributed by atoms with E-state index in [1.54, 1.807) is 11.1 Å². The van der Waals surface area contributed by atoms with E-state index in [1.165, 1.54) is 36.1 Å². The largest absolute Gasteiger partial charge is 0.310 e. The fourth-order valence-electron chi connectivity index (χ4n) is 3.20. The van der Waals surface area contributed by atoms with E-state index in [2.05, 4.69) is 47.6 Å². The summed E-state index contributed by atoms with van der Waals surface area (Å²) in [6.45, 7) is 5.39. The average Bonchev–Trinajstić information content (AvgIpc) is 3.11. The van der Waals surface area contributed by atoms with Gasteiger partial charge in [0.05, 0.1) is 6.20 Å². The minimum atomic E-state index is 0.432. The molecule has 1 aliphatic rings. The van der Waals surface area contributed by atoms with E-state index in [1.807, 2.05) is 6.20 Å². The molecule has 1 heterocycles. The van der Waals surface area contributed by atoms with E-state index in [0.717, 1.165) is 19.4 Å². The first-order chi connectivity index (χ1) is 10.2. The van der Waals surface area contributed by atoms with Crippen molar-refractivity contribution in [3.8, 4) is 0 Å². The Kier molecular flexibility index (Phi) is 4.39. The summed E-state index contributed by atoms with van der Waals surface area (Å²) in [5, 5.41) is 10.7. The van der Waals surface area contributed by atoms with E-state index >= 15 is 0 Å². The van der Waals surface area contributed by atoms with Crippen LogP contribution in [0, 0.1) is 6.92 Å². The Bertz CT molecular complexity index is 600. The molecule has 0 bridgehead atoms. The van der Waals surface area contributed by atoms with Crippen molar-refractivity contribution in [1.29, 1.82) is 0 Å². The number of aromatic nitrogens is 2. The van der Waals surface area contributed by atoms with Gasteiger partial charge in [-0.05, 0) is 74.8 Å². The summed E-state index contributed by atoms with van der Waals surface area (Å²) in [7, 11) is 0. The first-order valence-corrected chi connectivity index (χ1v) is 8.08. The van der Waals surface area contributed by atoms with E-state index in [9.17, 15) is 0 Å². The summed E-state index contributed by atoms with van der Waals surface area (Å²) in [5.41, 5.74) is 7.08. The van der Waals surface area contributed by atoms with Gasteiger partial charge in [-0.2, -0.15) is 5.10 Å². The van der Waals surface area contributed by atoms with E-state index < -0.39 is 0 Å². The lowest BCUT2D eigenvalue weighted by atomic mass is 10.0. The second-order valence-electron chi connectivity index (χ2n) is 6.18. The zero-order chi connectivity index (χ0) is 14.7. The van der Waals surface area contributed by atoms with E-state index in [0.29, 0.717) is 6.04 Å². The summed E-state index contributed by atoms with van der Waals surface area (Å²) in [6, 6.07) is 7.45. The molecule has 1 atom stereocenters. The molecule has 0 saturated carbocycles. The van der Waals surface area contributed by atoms with Gasteiger partial charge in [-0.3, -0.25) is 5.10 Å². The Hall–Kier alpha value is -1.61. The van der Waals surface area contributed by atoms with Crippen LogP contribution >= 0.6 is 0 Å². The summed E-state index contributed by atoms with van der Waals surface area (Å²) >= 11 is 0. The molecular weight excluding hydrogens is 258 g/mol. The summed E-state index contributed by atoms with van der Waals surface area (Å²) in [6.07, 6.45) is 8.03. The smallest absolute Gasteiger partial charge is 0.0522 e. The number of nitrogens with one attached hydrogen (secondary N) is 2. The molecular formula is C18H25N3. The highest BCUT2D eigenvalue weighted by atomic mass is 15.1. The molecule has 2 aromatic rings. The van der Waals surface area contributed by atoms with Gasteiger partial charge < -0.3 is 5.32 Å². The third-order valence-corrected chi connectivity index (χ3v) is 4.63. The molecule has 0 fully saturated rings. The maximum absolute atomic E-state index is 4.07. The highest BCUT2D eigenvalue weighted by Gasteiger charge is 2.13.